The predicted octanol–water partition coefficient (Wildman–Crippen LogP) is 3.84. The summed E-state index contributed by atoms with van der Waals surface area (Å²) < 4.78 is 10.8. The average Bonchev–Trinajstić information content (AvgIpc) is 2.68. The van der Waals surface area contributed by atoms with E-state index in [1.54, 1.807) is 32.2 Å². The second-order valence-corrected chi connectivity index (χ2v) is 6.64. The topological polar surface area (TPSA) is 59.6 Å². The molecule has 140 valence electrons. The molecule has 7 heteroatoms. The Balaban J connectivity index is 2.23. The standard InChI is InChI=1S/C20H19ClN2O3S/c1-3-26-19(24)16-17(12-7-5-4-6-8-12)22-20(27)23-18(16)14-11-13(21)9-10-15(14)25-2/h4-11,18H,3H2,1-2H3,(H2,22,23,27)/t18-/m1/s1. The highest BCUT2D eigenvalue weighted by molar-refractivity contribution is 7.80. The number of benzene rings is 2. The maximum Gasteiger partial charge on any atom is 0.338 e. The number of hydrogen-bond acceptors (Lipinski definition) is 4. The molecule has 1 heterocycles. The summed E-state index contributed by atoms with van der Waals surface area (Å²) in [6.07, 6.45) is 0. The van der Waals surface area contributed by atoms with Gasteiger partial charge < -0.3 is 20.1 Å². The first kappa shape index (κ1) is 19.2. The van der Waals surface area contributed by atoms with Crippen LogP contribution in [-0.4, -0.2) is 24.8 Å². The number of hydrogen-bond donors (Lipinski definition) is 2. The summed E-state index contributed by atoms with van der Waals surface area (Å²) in [6, 6.07) is 14.2. The summed E-state index contributed by atoms with van der Waals surface area (Å²) in [4.78, 5) is 12.9. The van der Waals surface area contributed by atoms with Crippen molar-refractivity contribution >= 4 is 40.6 Å². The molecule has 3 rings (SSSR count). The number of thiocarbonyl (C=S) groups is 1. The predicted molar refractivity (Wildman–Crippen MR) is 110 cm³/mol. The fraction of sp³-hybridized carbons (Fsp3) is 0.200. The number of ether oxygens (including phenoxy) is 2. The van der Waals surface area contributed by atoms with Crippen LogP contribution in [0.5, 0.6) is 5.75 Å². The molecule has 2 aromatic rings. The minimum absolute atomic E-state index is 0.258. The summed E-state index contributed by atoms with van der Waals surface area (Å²) in [5.41, 5.74) is 2.54. The summed E-state index contributed by atoms with van der Waals surface area (Å²) in [6.45, 7) is 2.03. The van der Waals surface area contributed by atoms with Gasteiger partial charge in [0.15, 0.2) is 5.11 Å². The van der Waals surface area contributed by atoms with Crippen LogP contribution >= 0.6 is 23.8 Å². The fourth-order valence-corrected chi connectivity index (χ4v) is 3.39. The zero-order valence-electron chi connectivity index (χ0n) is 14.9. The Morgan fingerprint density at radius 1 is 1.22 bits per heavy atom. The molecule has 0 amide bonds. The first-order valence-electron chi connectivity index (χ1n) is 8.42. The van der Waals surface area contributed by atoms with Crippen LogP contribution in [0.1, 0.15) is 24.1 Å². The van der Waals surface area contributed by atoms with Gasteiger partial charge in [-0.2, -0.15) is 0 Å². The van der Waals surface area contributed by atoms with Crippen LogP contribution < -0.4 is 15.4 Å². The van der Waals surface area contributed by atoms with Gasteiger partial charge in [0, 0.05) is 10.6 Å². The van der Waals surface area contributed by atoms with Crippen molar-refractivity contribution in [3.63, 3.8) is 0 Å². The monoisotopic (exact) mass is 402 g/mol. The van der Waals surface area contributed by atoms with Gasteiger partial charge in [-0.25, -0.2) is 4.79 Å². The number of nitrogens with one attached hydrogen (secondary N) is 2. The lowest BCUT2D eigenvalue weighted by Crippen LogP contribution is -2.45. The molecule has 0 unspecified atom stereocenters. The lowest BCUT2D eigenvalue weighted by Gasteiger charge is -2.32. The maximum absolute atomic E-state index is 12.9. The number of carbonyl (C=O) groups excluding carboxylic acids is 1. The van der Waals surface area contributed by atoms with Crippen LogP contribution in [0, 0.1) is 0 Å². The summed E-state index contributed by atoms with van der Waals surface area (Å²) >= 11 is 11.6. The first-order valence-corrected chi connectivity index (χ1v) is 9.21. The SMILES string of the molecule is CCOC(=O)C1=C(c2ccccc2)NC(=S)N[C@@H]1c1cc(Cl)ccc1OC. The lowest BCUT2D eigenvalue weighted by molar-refractivity contribution is -0.138. The molecule has 0 bridgehead atoms. The largest absolute Gasteiger partial charge is 0.496 e. The van der Waals surface area contributed by atoms with Crippen molar-refractivity contribution in [3.05, 3.63) is 70.3 Å². The molecule has 2 aromatic carbocycles. The van der Waals surface area contributed by atoms with Crippen LogP contribution in [0.4, 0.5) is 0 Å². The normalized spacial score (nSPS) is 16.4. The van der Waals surface area contributed by atoms with Gasteiger partial charge in [0.05, 0.1) is 31.0 Å². The van der Waals surface area contributed by atoms with E-state index in [4.69, 9.17) is 33.3 Å². The second-order valence-electron chi connectivity index (χ2n) is 5.79. The van der Waals surface area contributed by atoms with Gasteiger partial charge in [0.25, 0.3) is 0 Å². The molecular weight excluding hydrogens is 384 g/mol. The van der Waals surface area contributed by atoms with Gasteiger partial charge in [-0.3, -0.25) is 0 Å². The van der Waals surface area contributed by atoms with Crippen molar-refractivity contribution in [1.82, 2.24) is 10.6 Å². The van der Waals surface area contributed by atoms with Crippen molar-refractivity contribution in [2.75, 3.05) is 13.7 Å². The third-order valence-corrected chi connectivity index (χ3v) is 4.59. The molecule has 0 saturated heterocycles. The van der Waals surface area contributed by atoms with Gasteiger partial charge in [-0.1, -0.05) is 41.9 Å². The highest BCUT2D eigenvalue weighted by atomic mass is 35.5. The molecule has 1 aliphatic rings. The van der Waals surface area contributed by atoms with E-state index in [0.29, 0.717) is 32.7 Å². The third-order valence-electron chi connectivity index (χ3n) is 4.13. The third kappa shape index (κ3) is 4.07. The average molecular weight is 403 g/mol. The molecule has 5 nitrogen and oxygen atoms in total. The van der Waals surface area contributed by atoms with Crippen molar-refractivity contribution in [2.45, 2.75) is 13.0 Å². The van der Waals surface area contributed by atoms with Crippen molar-refractivity contribution in [3.8, 4) is 5.75 Å². The molecule has 0 spiro atoms. The Morgan fingerprint density at radius 3 is 2.63 bits per heavy atom. The zero-order valence-corrected chi connectivity index (χ0v) is 16.5. The highest BCUT2D eigenvalue weighted by Gasteiger charge is 2.34. The molecule has 1 atom stereocenters. The van der Waals surface area contributed by atoms with Crippen LogP contribution in [0.2, 0.25) is 5.02 Å². The molecule has 0 aromatic heterocycles. The van der Waals surface area contributed by atoms with Gasteiger partial charge in [-0.15, -0.1) is 0 Å². The quantitative estimate of drug-likeness (QED) is 0.585. The fourth-order valence-electron chi connectivity index (χ4n) is 2.99. The smallest absolute Gasteiger partial charge is 0.338 e. The van der Waals surface area contributed by atoms with Crippen LogP contribution in [0.15, 0.2) is 54.1 Å². The van der Waals surface area contributed by atoms with Gasteiger partial charge in [0.2, 0.25) is 0 Å². The molecule has 0 aliphatic carbocycles. The Bertz CT molecular complexity index is 899. The summed E-state index contributed by atoms with van der Waals surface area (Å²) in [5.74, 6) is 0.154. The second kappa shape index (κ2) is 8.41. The molecule has 0 saturated carbocycles. The van der Waals surface area contributed by atoms with Crippen molar-refractivity contribution in [2.24, 2.45) is 0 Å². The molecule has 0 radical (unpaired) electrons. The highest BCUT2D eigenvalue weighted by Crippen LogP contribution is 2.37. The molecule has 1 aliphatic heterocycles. The first-order chi connectivity index (χ1) is 13.0. The van der Waals surface area contributed by atoms with E-state index in [1.165, 1.54) is 0 Å². The Morgan fingerprint density at radius 2 is 1.96 bits per heavy atom. The van der Waals surface area contributed by atoms with Gasteiger partial charge >= 0.3 is 5.97 Å². The van der Waals surface area contributed by atoms with Crippen LogP contribution in [0.25, 0.3) is 5.70 Å². The molecule has 0 fully saturated rings. The summed E-state index contributed by atoms with van der Waals surface area (Å²) in [7, 11) is 1.57. The number of carbonyl (C=O) groups is 1. The van der Waals surface area contributed by atoms with Crippen LogP contribution in [-0.2, 0) is 9.53 Å². The minimum atomic E-state index is -0.568. The van der Waals surface area contributed by atoms with E-state index in [9.17, 15) is 4.79 Å². The van der Waals surface area contributed by atoms with Crippen molar-refractivity contribution < 1.29 is 14.3 Å². The van der Waals surface area contributed by atoms with Crippen LogP contribution in [0.3, 0.4) is 0 Å². The maximum atomic E-state index is 12.9. The summed E-state index contributed by atoms with van der Waals surface area (Å²) in [5, 5.41) is 7.17. The van der Waals surface area contributed by atoms with E-state index < -0.39 is 12.0 Å². The van der Waals surface area contributed by atoms with E-state index >= 15 is 0 Å². The van der Waals surface area contributed by atoms with E-state index in [-0.39, 0.29) is 6.61 Å². The lowest BCUT2D eigenvalue weighted by atomic mass is 9.92. The number of rotatable bonds is 5. The van der Waals surface area contributed by atoms with Crippen molar-refractivity contribution in [1.29, 1.82) is 0 Å². The van der Waals surface area contributed by atoms with Gasteiger partial charge in [0.1, 0.15) is 5.75 Å². The number of methoxy groups -OCH3 is 1. The number of halogens is 1. The minimum Gasteiger partial charge on any atom is -0.496 e. The van der Waals surface area contributed by atoms with E-state index in [0.717, 1.165) is 5.56 Å². The van der Waals surface area contributed by atoms with E-state index in [1.807, 2.05) is 30.3 Å². The Kier molecular flexibility index (Phi) is 5.98. The zero-order chi connectivity index (χ0) is 19.4. The Hall–Kier alpha value is -2.57. The molecule has 27 heavy (non-hydrogen) atoms. The molecular formula is C20H19ClN2O3S. The van der Waals surface area contributed by atoms with E-state index in [2.05, 4.69) is 10.6 Å². The number of esters is 1. The van der Waals surface area contributed by atoms with Gasteiger partial charge in [-0.05, 0) is 42.9 Å². The Labute approximate surface area is 168 Å². The molecule has 2 N–H and O–H groups in total.